The van der Waals surface area contributed by atoms with Crippen LogP contribution in [0.5, 0.6) is 11.5 Å². The minimum Gasteiger partial charge on any atom is -0.457 e. The number of benzene rings is 4. The van der Waals surface area contributed by atoms with Crippen molar-refractivity contribution in [1.29, 1.82) is 0 Å². The first kappa shape index (κ1) is 49.1. The molecule has 354 valence electrons. The number of aryl methyl sites for hydroxylation is 1. The molecule has 6 rings (SSSR count). The number of alkyl halides is 18. The standard InChI is InChI=1S/C39H20F18N2O7/c1-15-3-6-18(13-24(15)32(64,36(46,47)48)37(49,50)51)66-19-7-10-26(25(14-19)33(65,38(52,53)54)39(55,56)57)59-29(62)21-9-5-17(12-23(21)30(59)63)31(34(40,41)42,35(43,44)45)16-4-8-20-22(11-16)28(61)58(2)27(20)60/h3-14,64-65H,1-2H3. The van der Waals surface area contributed by atoms with Crippen molar-refractivity contribution >= 4 is 29.3 Å². The van der Waals surface area contributed by atoms with Crippen LogP contribution >= 0.6 is 0 Å². The molecular formula is C39H20F18N2O7. The molecule has 0 aromatic heterocycles. The summed E-state index contributed by atoms with van der Waals surface area (Å²) in [6.07, 6.45) is -39.9. The Balaban J connectivity index is 1.54. The third-order valence-corrected chi connectivity index (χ3v) is 10.8. The van der Waals surface area contributed by atoms with E-state index in [0.29, 0.717) is 30.0 Å². The summed E-state index contributed by atoms with van der Waals surface area (Å²) in [6.45, 7) is 0.621. The Kier molecular flexibility index (Phi) is 11.0. The summed E-state index contributed by atoms with van der Waals surface area (Å²) < 4.78 is 264. The summed E-state index contributed by atoms with van der Waals surface area (Å²) in [5.41, 5.74) is -32.8. The van der Waals surface area contributed by atoms with Crippen LogP contribution in [0.15, 0.2) is 72.8 Å². The van der Waals surface area contributed by atoms with Crippen molar-refractivity contribution in [2.75, 3.05) is 11.9 Å². The number of rotatable bonds is 7. The van der Waals surface area contributed by atoms with Crippen molar-refractivity contribution in [3.05, 3.63) is 123 Å². The number of carbonyl (C=O) groups is 4. The Morgan fingerprint density at radius 3 is 1.24 bits per heavy atom. The van der Waals surface area contributed by atoms with Crippen molar-refractivity contribution in [3.8, 4) is 11.5 Å². The maximum atomic E-state index is 15.1. The van der Waals surface area contributed by atoms with E-state index < -0.39 is 156 Å². The van der Waals surface area contributed by atoms with E-state index in [0.717, 1.165) is 7.05 Å². The largest absolute Gasteiger partial charge is 0.457 e. The van der Waals surface area contributed by atoms with Gasteiger partial charge in [-0.2, -0.15) is 79.0 Å². The minimum absolute atomic E-state index is 0.0328. The molecule has 4 aromatic rings. The molecule has 2 aliphatic heterocycles. The second-order valence-corrected chi connectivity index (χ2v) is 14.6. The zero-order valence-corrected chi connectivity index (χ0v) is 32.1. The molecule has 27 heteroatoms. The number of fused-ring (bicyclic) bond motifs is 2. The molecule has 0 spiro atoms. The molecule has 2 aliphatic rings. The van der Waals surface area contributed by atoms with Gasteiger partial charge in [0.25, 0.3) is 34.8 Å². The number of halogens is 18. The van der Waals surface area contributed by atoms with E-state index in [1.165, 1.54) is 0 Å². The predicted octanol–water partition coefficient (Wildman–Crippen LogP) is 9.85. The van der Waals surface area contributed by atoms with Crippen LogP contribution in [-0.2, 0) is 16.6 Å². The second-order valence-electron chi connectivity index (χ2n) is 14.6. The highest BCUT2D eigenvalue weighted by Crippen LogP contribution is 2.58. The summed E-state index contributed by atoms with van der Waals surface area (Å²) >= 11 is 0. The molecule has 2 N–H and O–H groups in total. The SMILES string of the molecule is Cc1ccc(Oc2ccc(N3C(=O)c4ccc(C(c5ccc6c(c5)C(=O)N(C)C6=O)(C(F)(F)F)C(F)(F)F)cc4C3=O)c(C(O)(C(F)(F)F)C(F)(F)F)c2)cc1C(O)(C(F)(F)F)C(F)(F)F. The van der Waals surface area contributed by atoms with Crippen molar-refractivity contribution in [3.63, 3.8) is 0 Å². The van der Waals surface area contributed by atoms with Gasteiger partial charge in [-0.05, 0) is 78.2 Å². The normalized spacial score (nSPS) is 15.8. The molecule has 0 saturated carbocycles. The molecule has 0 unspecified atom stereocenters. The van der Waals surface area contributed by atoms with Gasteiger partial charge in [0.1, 0.15) is 11.5 Å². The van der Waals surface area contributed by atoms with Gasteiger partial charge >= 0.3 is 37.1 Å². The molecule has 0 bridgehead atoms. The van der Waals surface area contributed by atoms with Gasteiger partial charge in [-0.3, -0.25) is 24.1 Å². The number of nitrogens with zero attached hydrogens (tertiary/aromatic N) is 2. The van der Waals surface area contributed by atoms with Crippen LogP contribution < -0.4 is 9.64 Å². The Morgan fingerprint density at radius 1 is 0.439 bits per heavy atom. The van der Waals surface area contributed by atoms with Crippen molar-refractivity contribution in [2.24, 2.45) is 0 Å². The van der Waals surface area contributed by atoms with Crippen molar-refractivity contribution in [1.82, 2.24) is 4.90 Å². The molecule has 0 fully saturated rings. The first-order valence-corrected chi connectivity index (χ1v) is 17.6. The van der Waals surface area contributed by atoms with Gasteiger partial charge in [0.2, 0.25) is 5.41 Å². The average molecular weight is 971 g/mol. The highest BCUT2D eigenvalue weighted by atomic mass is 19.4. The van der Waals surface area contributed by atoms with Crippen LogP contribution in [0.3, 0.4) is 0 Å². The third-order valence-electron chi connectivity index (χ3n) is 10.8. The molecule has 4 aromatic carbocycles. The smallest absolute Gasteiger partial charge is 0.430 e. The second kappa shape index (κ2) is 14.8. The van der Waals surface area contributed by atoms with Crippen LogP contribution in [0.4, 0.5) is 84.7 Å². The Bertz CT molecular complexity index is 2670. The number of amides is 4. The Labute approximate surface area is 354 Å². The third kappa shape index (κ3) is 6.90. The topological polar surface area (TPSA) is 124 Å². The monoisotopic (exact) mass is 970 g/mol. The number of hydrogen-bond acceptors (Lipinski definition) is 7. The molecule has 66 heavy (non-hydrogen) atoms. The Hall–Kier alpha value is -6.38. The van der Waals surface area contributed by atoms with E-state index in [9.17, 15) is 82.1 Å². The maximum absolute atomic E-state index is 15.1. The highest BCUT2D eigenvalue weighted by molar-refractivity contribution is 6.34. The first-order valence-electron chi connectivity index (χ1n) is 17.6. The van der Waals surface area contributed by atoms with E-state index in [1.807, 2.05) is 0 Å². The lowest BCUT2D eigenvalue weighted by Crippen LogP contribution is -2.55. The summed E-state index contributed by atoms with van der Waals surface area (Å²) in [4.78, 5) is 52.1. The van der Waals surface area contributed by atoms with Crippen LogP contribution in [0, 0.1) is 6.92 Å². The summed E-state index contributed by atoms with van der Waals surface area (Å²) in [5, 5.41) is 20.4. The van der Waals surface area contributed by atoms with Gasteiger partial charge < -0.3 is 14.9 Å². The van der Waals surface area contributed by atoms with Crippen molar-refractivity contribution in [2.45, 2.75) is 60.6 Å². The summed E-state index contributed by atoms with van der Waals surface area (Å²) in [7, 11) is 0.846. The lowest BCUT2D eigenvalue weighted by Gasteiger charge is -2.38. The number of imide groups is 2. The van der Waals surface area contributed by atoms with E-state index >= 15 is 26.3 Å². The van der Waals surface area contributed by atoms with Gasteiger partial charge in [-0.25, -0.2) is 4.90 Å². The number of hydrogen-bond donors (Lipinski definition) is 2. The van der Waals surface area contributed by atoms with Gasteiger partial charge in [0.15, 0.2) is 0 Å². The minimum atomic E-state index is -6.94. The van der Waals surface area contributed by atoms with Gasteiger partial charge in [-0.1, -0.05) is 18.2 Å². The van der Waals surface area contributed by atoms with E-state index in [4.69, 9.17) is 4.74 Å². The number of ether oxygens (including phenoxy) is 1. The lowest BCUT2D eigenvalue weighted by molar-refractivity contribution is -0.376. The molecular weight excluding hydrogens is 950 g/mol. The van der Waals surface area contributed by atoms with Gasteiger partial charge in [0.05, 0.1) is 27.9 Å². The average Bonchev–Trinajstić information content (AvgIpc) is 3.54. The molecule has 0 aliphatic carbocycles. The fourth-order valence-corrected chi connectivity index (χ4v) is 7.46. The number of aliphatic hydroxyl groups is 2. The molecule has 2 heterocycles. The zero-order chi connectivity index (χ0) is 50.1. The van der Waals surface area contributed by atoms with E-state index in [1.54, 1.807) is 0 Å². The maximum Gasteiger partial charge on any atom is 0.430 e. The molecule has 4 amide bonds. The zero-order valence-electron chi connectivity index (χ0n) is 32.1. The number of carbonyl (C=O) groups excluding carboxylic acids is 4. The van der Waals surface area contributed by atoms with E-state index in [2.05, 4.69) is 0 Å². The molecule has 9 nitrogen and oxygen atoms in total. The summed E-state index contributed by atoms with van der Waals surface area (Å²) in [6, 6.07) is 1.07. The van der Waals surface area contributed by atoms with Crippen LogP contribution in [0.1, 0.15) is 69.2 Å². The van der Waals surface area contributed by atoms with Gasteiger partial charge in [-0.15, -0.1) is 0 Å². The number of anilines is 1. The van der Waals surface area contributed by atoms with Crippen LogP contribution in [0.2, 0.25) is 0 Å². The van der Waals surface area contributed by atoms with Crippen LogP contribution in [0.25, 0.3) is 0 Å². The quantitative estimate of drug-likeness (QED) is 0.140. The lowest BCUT2D eigenvalue weighted by atomic mass is 9.71. The van der Waals surface area contributed by atoms with Crippen LogP contribution in [-0.4, -0.2) is 82.8 Å². The Morgan fingerprint density at radius 2 is 0.803 bits per heavy atom. The highest BCUT2D eigenvalue weighted by Gasteiger charge is 2.75. The van der Waals surface area contributed by atoms with E-state index in [-0.39, 0.29) is 48.5 Å². The molecule has 0 atom stereocenters. The molecule has 0 saturated heterocycles. The predicted molar refractivity (Wildman–Crippen MR) is 183 cm³/mol. The molecule has 0 radical (unpaired) electrons. The fraction of sp³-hybridized carbons (Fsp3) is 0.282. The van der Waals surface area contributed by atoms with Gasteiger partial charge in [0, 0.05) is 18.2 Å². The first-order chi connectivity index (χ1) is 29.8. The summed E-state index contributed by atoms with van der Waals surface area (Å²) in [5.74, 6) is -9.41. The van der Waals surface area contributed by atoms with Crippen molar-refractivity contribution < 1.29 is 113 Å². The fourth-order valence-electron chi connectivity index (χ4n) is 7.46.